The smallest absolute Gasteiger partial charge is 0.240 e. The van der Waals surface area contributed by atoms with E-state index >= 15 is 0 Å². The summed E-state index contributed by atoms with van der Waals surface area (Å²) < 4.78 is 0. The molecule has 0 radical (unpaired) electrons. The van der Waals surface area contributed by atoms with Crippen LogP contribution in [0.3, 0.4) is 0 Å². The first kappa shape index (κ1) is 11.9. The van der Waals surface area contributed by atoms with Crippen molar-refractivity contribution in [2.24, 2.45) is 5.10 Å². The Balaban J connectivity index is 1.79. The summed E-state index contributed by atoms with van der Waals surface area (Å²) in [5.41, 5.74) is 5.31. The molecule has 2 heterocycles. The van der Waals surface area contributed by atoms with Crippen LogP contribution in [-0.4, -0.2) is 24.1 Å². The number of carbonyl (C=O) groups is 2. The van der Waals surface area contributed by atoms with Crippen LogP contribution in [0.4, 0.5) is 5.69 Å². The number of hydrogen-bond donors (Lipinski definition) is 1. The summed E-state index contributed by atoms with van der Waals surface area (Å²) in [4.78, 5) is 24.5. The third kappa shape index (κ3) is 2.36. The van der Waals surface area contributed by atoms with E-state index in [0.29, 0.717) is 19.3 Å². The number of carbonyl (C=O) groups excluding carboxylic acids is 2. The summed E-state index contributed by atoms with van der Waals surface area (Å²) in [5.74, 6) is 0.151. The Morgan fingerprint density at radius 3 is 2.42 bits per heavy atom. The molecule has 0 aromatic heterocycles. The van der Waals surface area contributed by atoms with Crippen LogP contribution in [0.15, 0.2) is 29.4 Å². The predicted octanol–water partition coefficient (Wildman–Crippen LogP) is 1.43. The van der Waals surface area contributed by atoms with Gasteiger partial charge in [0.15, 0.2) is 0 Å². The van der Waals surface area contributed by atoms with Gasteiger partial charge in [-0.25, -0.2) is 5.43 Å². The molecule has 0 bridgehead atoms. The van der Waals surface area contributed by atoms with Gasteiger partial charge in [0.2, 0.25) is 11.8 Å². The standard InChI is InChI=1S/C14H15N3O2/c18-13-8-7-12(15-16-13)10-3-5-11(6-4-10)17-9-1-2-14(17)19/h3-6H,1-2,7-9H2,(H,16,18). The third-order valence-corrected chi connectivity index (χ3v) is 3.49. The van der Waals surface area contributed by atoms with E-state index in [-0.39, 0.29) is 11.8 Å². The largest absolute Gasteiger partial charge is 0.312 e. The van der Waals surface area contributed by atoms with Gasteiger partial charge in [-0.1, -0.05) is 12.1 Å². The van der Waals surface area contributed by atoms with Gasteiger partial charge in [0.05, 0.1) is 5.71 Å². The number of hydrazone groups is 1. The van der Waals surface area contributed by atoms with Crippen LogP contribution in [0.1, 0.15) is 31.2 Å². The van der Waals surface area contributed by atoms with Crippen LogP contribution in [-0.2, 0) is 9.59 Å². The van der Waals surface area contributed by atoms with E-state index in [9.17, 15) is 9.59 Å². The highest BCUT2D eigenvalue weighted by molar-refractivity contribution is 6.04. The summed E-state index contributed by atoms with van der Waals surface area (Å²) in [6.45, 7) is 0.801. The fourth-order valence-corrected chi connectivity index (χ4v) is 2.44. The van der Waals surface area contributed by atoms with Crippen molar-refractivity contribution in [2.45, 2.75) is 25.7 Å². The minimum atomic E-state index is -0.0389. The van der Waals surface area contributed by atoms with Gasteiger partial charge in [0.1, 0.15) is 0 Å². The van der Waals surface area contributed by atoms with Crippen molar-refractivity contribution >= 4 is 23.2 Å². The molecule has 0 aliphatic carbocycles. The molecular formula is C14H15N3O2. The Kier molecular flexibility index (Phi) is 3.03. The second kappa shape index (κ2) is 4.84. The molecule has 19 heavy (non-hydrogen) atoms. The molecule has 1 fully saturated rings. The number of anilines is 1. The van der Waals surface area contributed by atoms with Gasteiger partial charge in [-0.15, -0.1) is 0 Å². The molecule has 2 aliphatic rings. The molecule has 3 rings (SSSR count). The number of rotatable bonds is 2. The molecule has 1 aromatic carbocycles. The topological polar surface area (TPSA) is 61.8 Å². The molecule has 1 saturated heterocycles. The van der Waals surface area contributed by atoms with Crippen LogP contribution in [0.5, 0.6) is 0 Å². The maximum atomic E-state index is 11.7. The molecule has 1 aromatic rings. The number of nitrogens with one attached hydrogen (secondary N) is 1. The van der Waals surface area contributed by atoms with E-state index in [1.807, 2.05) is 29.2 Å². The maximum Gasteiger partial charge on any atom is 0.240 e. The lowest BCUT2D eigenvalue weighted by molar-refractivity contribution is -0.121. The van der Waals surface area contributed by atoms with E-state index in [2.05, 4.69) is 10.5 Å². The zero-order chi connectivity index (χ0) is 13.2. The molecule has 0 unspecified atom stereocenters. The quantitative estimate of drug-likeness (QED) is 0.871. The van der Waals surface area contributed by atoms with Crippen molar-refractivity contribution in [1.29, 1.82) is 0 Å². The average Bonchev–Trinajstić information content (AvgIpc) is 2.86. The van der Waals surface area contributed by atoms with Crippen LogP contribution in [0.2, 0.25) is 0 Å². The number of hydrogen-bond acceptors (Lipinski definition) is 3. The average molecular weight is 257 g/mol. The lowest BCUT2D eigenvalue weighted by Crippen LogP contribution is -2.26. The fourth-order valence-electron chi connectivity index (χ4n) is 2.44. The van der Waals surface area contributed by atoms with Gasteiger partial charge in [0.25, 0.3) is 0 Å². The Morgan fingerprint density at radius 1 is 1.05 bits per heavy atom. The summed E-state index contributed by atoms with van der Waals surface area (Å²) in [5, 5.41) is 4.06. The highest BCUT2D eigenvalue weighted by Crippen LogP contribution is 2.22. The predicted molar refractivity (Wildman–Crippen MR) is 71.9 cm³/mol. The highest BCUT2D eigenvalue weighted by atomic mass is 16.2. The van der Waals surface area contributed by atoms with Crippen molar-refractivity contribution in [2.75, 3.05) is 11.4 Å². The lowest BCUT2D eigenvalue weighted by atomic mass is 10.0. The van der Waals surface area contributed by atoms with Gasteiger partial charge in [0, 0.05) is 31.5 Å². The monoisotopic (exact) mass is 257 g/mol. The van der Waals surface area contributed by atoms with Gasteiger partial charge in [-0.05, 0) is 24.1 Å². The van der Waals surface area contributed by atoms with Crippen molar-refractivity contribution < 1.29 is 9.59 Å². The van der Waals surface area contributed by atoms with Crippen LogP contribution in [0, 0.1) is 0 Å². The van der Waals surface area contributed by atoms with Gasteiger partial charge in [-0.2, -0.15) is 5.10 Å². The Bertz CT molecular complexity index is 548. The normalized spacial score (nSPS) is 19.4. The lowest BCUT2D eigenvalue weighted by Gasteiger charge is -2.17. The van der Waals surface area contributed by atoms with Crippen LogP contribution in [0.25, 0.3) is 0 Å². The number of amides is 2. The first-order valence-corrected chi connectivity index (χ1v) is 6.50. The minimum absolute atomic E-state index is 0.0389. The zero-order valence-electron chi connectivity index (χ0n) is 10.6. The van der Waals surface area contributed by atoms with E-state index in [1.54, 1.807) is 0 Å². The highest BCUT2D eigenvalue weighted by Gasteiger charge is 2.21. The molecule has 2 amide bonds. The Morgan fingerprint density at radius 2 is 1.84 bits per heavy atom. The second-order valence-electron chi connectivity index (χ2n) is 4.79. The molecule has 5 nitrogen and oxygen atoms in total. The summed E-state index contributed by atoms with van der Waals surface area (Å²) in [6.07, 6.45) is 2.71. The van der Waals surface area contributed by atoms with E-state index in [0.717, 1.165) is 29.9 Å². The Labute approximate surface area is 111 Å². The second-order valence-corrected chi connectivity index (χ2v) is 4.79. The van der Waals surface area contributed by atoms with Crippen molar-refractivity contribution in [3.8, 4) is 0 Å². The number of benzene rings is 1. The summed E-state index contributed by atoms with van der Waals surface area (Å²) >= 11 is 0. The first-order valence-electron chi connectivity index (χ1n) is 6.50. The summed E-state index contributed by atoms with van der Waals surface area (Å²) in [7, 11) is 0. The Hall–Kier alpha value is -2.17. The summed E-state index contributed by atoms with van der Waals surface area (Å²) in [6, 6.07) is 7.80. The number of nitrogens with zero attached hydrogens (tertiary/aromatic N) is 2. The molecule has 0 saturated carbocycles. The molecular weight excluding hydrogens is 242 g/mol. The van der Waals surface area contributed by atoms with Crippen molar-refractivity contribution in [3.63, 3.8) is 0 Å². The molecule has 0 spiro atoms. The fraction of sp³-hybridized carbons (Fsp3) is 0.357. The molecule has 5 heteroatoms. The van der Waals surface area contributed by atoms with E-state index < -0.39 is 0 Å². The molecule has 98 valence electrons. The van der Waals surface area contributed by atoms with Gasteiger partial charge >= 0.3 is 0 Å². The van der Waals surface area contributed by atoms with E-state index in [4.69, 9.17) is 0 Å². The zero-order valence-corrected chi connectivity index (χ0v) is 10.6. The molecule has 1 N–H and O–H groups in total. The van der Waals surface area contributed by atoms with Crippen LogP contribution >= 0.6 is 0 Å². The van der Waals surface area contributed by atoms with Gasteiger partial charge < -0.3 is 4.90 Å². The molecule has 2 aliphatic heterocycles. The van der Waals surface area contributed by atoms with Gasteiger partial charge in [-0.3, -0.25) is 9.59 Å². The van der Waals surface area contributed by atoms with Crippen molar-refractivity contribution in [1.82, 2.24) is 5.43 Å². The van der Waals surface area contributed by atoms with Crippen molar-refractivity contribution in [3.05, 3.63) is 29.8 Å². The molecule has 0 atom stereocenters. The maximum absolute atomic E-state index is 11.7. The third-order valence-electron chi connectivity index (χ3n) is 3.49. The SMILES string of the molecule is O=C1CCC(c2ccc(N3CCCC3=O)cc2)=NN1. The minimum Gasteiger partial charge on any atom is -0.312 e. The van der Waals surface area contributed by atoms with Crippen LogP contribution < -0.4 is 10.3 Å². The van der Waals surface area contributed by atoms with E-state index in [1.165, 1.54) is 0 Å². The first-order chi connectivity index (χ1) is 9.24.